The molecule has 0 bridgehead atoms. The molecule has 1 fully saturated rings. The molecular weight excluding hydrogens is 230 g/mol. The minimum absolute atomic E-state index is 0.0468. The monoisotopic (exact) mass is 249 g/mol. The Morgan fingerprint density at radius 1 is 1.50 bits per heavy atom. The summed E-state index contributed by atoms with van der Waals surface area (Å²) in [4.78, 5) is 11.8. The van der Waals surface area contributed by atoms with Crippen LogP contribution in [-0.4, -0.2) is 25.3 Å². The number of carbonyl (C=O) groups is 1. The summed E-state index contributed by atoms with van der Waals surface area (Å²) in [7, 11) is 0. The third-order valence-corrected chi connectivity index (χ3v) is 3.19. The van der Waals surface area contributed by atoms with Gasteiger partial charge in [0.05, 0.1) is 11.7 Å². The van der Waals surface area contributed by atoms with Crippen molar-refractivity contribution in [2.24, 2.45) is 0 Å². The van der Waals surface area contributed by atoms with E-state index in [1.54, 1.807) is 12.1 Å². The first-order chi connectivity index (χ1) is 8.66. The molecule has 4 nitrogen and oxygen atoms in total. The second kappa shape index (κ2) is 5.87. The highest BCUT2D eigenvalue weighted by molar-refractivity contribution is 5.90. The molecule has 0 radical (unpaired) electrons. The van der Waals surface area contributed by atoms with Crippen LogP contribution >= 0.6 is 0 Å². The predicted molar refractivity (Wildman–Crippen MR) is 69.5 cm³/mol. The lowest BCUT2D eigenvalue weighted by molar-refractivity contribution is -0.0300. The molecule has 1 heterocycles. The van der Waals surface area contributed by atoms with Crippen LogP contribution < -0.4 is 5.73 Å². The lowest BCUT2D eigenvalue weighted by Gasteiger charge is -2.22. The Balaban J connectivity index is 1.88. The standard InChI is InChI=1S/C14H19NO3/c1-10-5-6-11(8-13(10)15)14(16)18-9-12-4-2-3-7-17-12/h5-6,8,12H,2-4,7,9,15H2,1H3. The molecule has 0 amide bonds. The van der Waals surface area contributed by atoms with Gasteiger partial charge in [-0.3, -0.25) is 0 Å². The Morgan fingerprint density at radius 2 is 2.33 bits per heavy atom. The van der Waals surface area contributed by atoms with Gasteiger partial charge in [-0.15, -0.1) is 0 Å². The van der Waals surface area contributed by atoms with Crippen LogP contribution in [0.3, 0.4) is 0 Å². The first-order valence-corrected chi connectivity index (χ1v) is 6.31. The normalized spacial score (nSPS) is 19.5. The van der Waals surface area contributed by atoms with Gasteiger partial charge in [-0.1, -0.05) is 6.07 Å². The SMILES string of the molecule is Cc1ccc(C(=O)OCC2CCCCO2)cc1N. The van der Waals surface area contributed by atoms with Gasteiger partial charge in [0, 0.05) is 12.3 Å². The summed E-state index contributed by atoms with van der Waals surface area (Å²) in [6.07, 6.45) is 3.24. The van der Waals surface area contributed by atoms with Gasteiger partial charge in [0.25, 0.3) is 0 Å². The molecule has 1 atom stereocenters. The topological polar surface area (TPSA) is 61.5 Å². The lowest BCUT2D eigenvalue weighted by Crippen LogP contribution is -2.26. The highest BCUT2D eigenvalue weighted by atomic mass is 16.6. The van der Waals surface area contributed by atoms with Crippen molar-refractivity contribution >= 4 is 11.7 Å². The van der Waals surface area contributed by atoms with Crippen molar-refractivity contribution in [2.45, 2.75) is 32.3 Å². The van der Waals surface area contributed by atoms with E-state index in [1.807, 2.05) is 13.0 Å². The van der Waals surface area contributed by atoms with Crippen LogP contribution in [0.1, 0.15) is 35.2 Å². The average molecular weight is 249 g/mol. The van der Waals surface area contributed by atoms with E-state index < -0.39 is 0 Å². The van der Waals surface area contributed by atoms with E-state index in [2.05, 4.69) is 0 Å². The Hall–Kier alpha value is -1.55. The molecule has 1 unspecified atom stereocenters. The van der Waals surface area contributed by atoms with Crippen molar-refractivity contribution in [3.8, 4) is 0 Å². The molecule has 0 aliphatic carbocycles. The fraction of sp³-hybridized carbons (Fsp3) is 0.500. The van der Waals surface area contributed by atoms with Gasteiger partial charge in [-0.05, 0) is 43.9 Å². The van der Waals surface area contributed by atoms with Gasteiger partial charge in [0.2, 0.25) is 0 Å². The van der Waals surface area contributed by atoms with Crippen molar-refractivity contribution < 1.29 is 14.3 Å². The largest absolute Gasteiger partial charge is 0.459 e. The molecule has 0 aromatic heterocycles. The Labute approximate surface area is 107 Å². The summed E-state index contributed by atoms with van der Waals surface area (Å²) >= 11 is 0. The molecule has 1 aliphatic rings. The van der Waals surface area contributed by atoms with Gasteiger partial charge in [0.15, 0.2) is 0 Å². The number of ether oxygens (including phenoxy) is 2. The van der Waals surface area contributed by atoms with E-state index in [0.29, 0.717) is 17.9 Å². The maximum absolute atomic E-state index is 11.8. The van der Waals surface area contributed by atoms with Gasteiger partial charge >= 0.3 is 5.97 Å². The zero-order chi connectivity index (χ0) is 13.0. The number of benzene rings is 1. The van der Waals surface area contributed by atoms with Crippen molar-refractivity contribution in [3.05, 3.63) is 29.3 Å². The summed E-state index contributed by atoms with van der Waals surface area (Å²) in [5, 5.41) is 0. The minimum atomic E-state index is -0.337. The lowest BCUT2D eigenvalue weighted by atomic mass is 10.1. The van der Waals surface area contributed by atoms with Crippen molar-refractivity contribution in [1.82, 2.24) is 0 Å². The number of carbonyl (C=O) groups excluding carboxylic acids is 1. The van der Waals surface area contributed by atoms with Gasteiger partial charge < -0.3 is 15.2 Å². The van der Waals surface area contributed by atoms with E-state index in [-0.39, 0.29) is 12.1 Å². The quantitative estimate of drug-likeness (QED) is 0.659. The van der Waals surface area contributed by atoms with Crippen LogP contribution in [-0.2, 0) is 9.47 Å². The van der Waals surface area contributed by atoms with Crippen LogP contribution in [0.2, 0.25) is 0 Å². The van der Waals surface area contributed by atoms with Crippen LogP contribution in [0.15, 0.2) is 18.2 Å². The van der Waals surface area contributed by atoms with Crippen LogP contribution in [0, 0.1) is 6.92 Å². The summed E-state index contributed by atoms with van der Waals surface area (Å²) in [5.41, 5.74) is 7.83. The molecule has 98 valence electrons. The van der Waals surface area contributed by atoms with E-state index >= 15 is 0 Å². The summed E-state index contributed by atoms with van der Waals surface area (Å²) in [6, 6.07) is 5.21. The first kappa shape index (κ1) is 12.9. The number of nitrogen functional groups attached to an aromatic ring is 1. The number of nitrogens with two attached hydrogens (primary N) is 1. The molecule has 2 N–H and O–H groups in total. The molecule has 18 heavy (non-hydrogen) atoms. The molecular formula is C14H19NO3. The zero-order valence-electron chi connectivity index (χ0n) is 10.6. The molecule has 0 spiro atoms. The second-order valence-electron chi connectivity index (χ2n) is 4.66. The molecule has 4 heteroatoms. The van der Waals surface area contributed by atoms with Gasteiger partial charge in [0.1, 0.15) is 6.61 Å². The first-order valence-electron chi connectivity index (χ1n) is 6.31. The van der Waals surface area contributed by atoms with Crippen LogP contribution in [0.4, 0.5) is 5.69 Å². The van der Waals surface area contributed by atoms with E-state index in [9.17, 15) is 4.79 Å². The van der Waals surface area contributed by atoms with E-state index in [0.717, 1.165) is 31.4 Å². The fourth-order valence-electron chi connectivity index (χ4n) is 1.96. The summed E-state index contributed by atoms with van der Waals surface area (Å²) < 4.78 is 10.7. The summed E-state index contributed by atoms with van der Waals surface area (Å²) in [6.45, 7) is 2.99. The molecule has 1 aromatic carbocycles. The number of hydrogen-bond acceptors (Lipinski definition) is 4. The minimum Gasteiger partial charge on any atom is -0.459 e. The highest BCUT2D eigenvalue weighted by Crippen LogP contribution is 2.16. The number of anilines is 1. The number of esters is 1. The van der Waals surface area contributed by atoms with Crippen molar-refractivity contribution in [3.63, 3.8) is 0 Å². The number of aryl methyl sites for hydroxylation is 1. The van der Waals surface area contributed by atoms with Crippen molar-refractivity contribution in [2.75, 3.05) is 18.9 Å². The van der Waals surface area contributed by atoms with Crippen LogP contribution in [0.25, 0.3) is 0 Å². The highest BCUT2D eigenvalue weighted by Gasteiger charge is 2.16. The Kier molecular flexibility index (Phi) is 4.20. The Morgan fingerprint density at radius 3 is 3.00 bits per heavy atom. The average Bonchev–Trinajstić information content (AvgIpc) is 2.40. The summed E-state index contributed by atoms with van der Waals surface area (Å²) in [5.74, 6) is -0.337. The van der Waals surface area contributed by atoms with E-state index in [4.69, 9.17) is 15.2 Å². The van der Waals surface area contributed by atoms with Gasteiger partial charge in [-0.25, -0.2) is 4.79 Å². The third kappa shape index (κ3) is 3.23. The molecule has 2 rings (SSSR count). The Bertz CT molecular complexity index is 425. The van der Waals surface area contributed by atoms with E-state index in [1.165, 1.54) is 0 Å². The fourth-order valence-corrected chi connectivity index (χ4v) is 1.96. The smallest absolute Gasteiger partial charge is 0.338 e. The molecule has 1 aromatic rings. The van der Waals surface area contributed by atoms with Gasteiger partial charge in [-0.2, -0.15) is 0 Å². The molecule has 1 saturated heterocycles. The van der Waals surface area contributed by atoms with Crippen molar-refractivity contribution in [1.29, 1.82) is 0 Å². The maximum Gasteiger partial charge on any atom is 0.338 e. The second-order valence-corrected chi connectivity index (χ2v) is 4.66. The number of rotatable bonds is 3. The molecule has 1 aliphatic heterocycles. The predicted octanol–water partition coefficient (Wildman–Crippen LogP) is 2.30. The zero-order valence-corrected chi connectivity index (χ0v) is 10.6. The molecule has 0 saturated carbocycles. The third-order valence-electron chi connectivity index (χ3n) is 3.19. The maximum atomic E-state index is 11.8. The van der Waals surface area contributed by atoms with Crippen LogP contribution in [0.5, 0.6) is 0 Å². The number of hydrogen-bond donors (Lipinski definition) is 1.